The molecule has 2 atom stereocenters. The third-order valence-electron chi connectivity index (χ3n) is 5.20. The van der Waals surface area contributed by atoms with Crippen molar-refractivity contribution in [1.82, 2.24) is 14.1 Å². The predicted octanol–water partition coefficient (Wildman–Crippen LogP) is 5.37. The Balaban J connectivity index is 2.39. The normalized spacial score (nSPS) is 14.1. The van der Waals surface area contributed by atoms with E-state index in [-0.39, 0.29) is 5.78 Å². The number of benzene rings is 2. The Kier molecular flexibility index (Phi) is 10.9. The molecule has 2 aromatic carbocycles. The third kappa shape index (κ3) is 7.11. The fourth-order valence-electron chi connectivity index (χ4n) is 3.48. The van der Waals surface area contributed by atoms with Crippen molar-refractivity contribution in [3.05, 3.63) is 71.8 Å². The van der Waals surface area contributed by atoms with Crippen LogP contribution < -0.4 is 4.72 Å². The fraction of sp³-hybridized carbons (Fsp3) is 0.417. The van der Waals surface area contributed by atoms with Crippen LogP contribution in [0, 0.1) is 6.92 Å². The Bertz CT molecular complexity index is 778. The van der Waals surface area contributed by atoms with Crippen molar-refractivity contribution in [2.75, 3.05) is 26.2 Å². The highest BCUT2D eigenvalue weighted by Crippen LogP contribution is 2.48. The number of nitrogens with zero attached hydrogens (tertiary/aromatic N) is 2. The zero-order chi connectivity index (χ0) is 21.9. The largest absolute Gasteiger partial charge is 0.237 e. The molecule has 0 aromatic heterocycles. The Morgan fingerprint density at radius 3 is 1.93 bits per heavy atom. The van der Waals surface area contributed by atoms with E-state index < -0.39 is 19.2 Å². The lowest BCUT2D eigenvalue weighted by atomic mass is 10.2. The Morgan fingerprint density at radius 2 is 1.43 bits per heavy atom. The van der Waals surface area contributed by atoms with Crippen LogP contribution in [0.25, 0.3) is 6.08 Å². The van der Waals surface area contributed by atoms with Gasteiger partial charge in [-0.1, -0.05) is 54.1 Å². The standard InChI is InChI=1S/C24H36N3OPS/c1-6-26(7-2)29(27(8-3)9-4)24(20-17-22-13-11-10-12-14-22)25-30(28)23-18-15-21(5)16-19-23/h10-20,24-25H,6-9H2,1-5H3/p+1/b20-17+/t24-,30?/m0/s1. The molecule has 4 nitrogen and oxygen atoms in total. The molecule has 1 unspecified atom stereocenters. The summed E-state index contributed by atoms with van der Waals surface area (Å²) >= 11 is 0. The second-order valence-corrected chi connectivity index (χ2v) is 11.0. The first-order valence-corrected chi connectivity index (χ1v) is 13.5. The van der Waals surface area contributed by atoms with E-state index in [4.69, 9.17) is 0 Å². The maximum absolute atomic E-state index is 13.2. The molecule has 0 aliphatic rings. The van der Waals surface area contributed by atoms with Gasteiger partial charge in [-0.3, -0.25) is 0 Å². The summed E-state index contributed by atoms with van der Waals surface area (Å²) in [4.78, 5) is 0.819. The Hall–Kier alpha value is -1.36. The summed E-state index contributed by atoms with van der Waals surface area (Å²) < 4.78 is 21.8. The van der Waals surface area contributed by atoms with Crippen molar-refractivity contribution in [2.24, 2.45) is 0 Å². The van der Waals surface area contributed by atoms with Gasteiger partial charge in [0.05, 0.1) is 4.90 Å². The molecule has 0 saturated heterocycles. The highest BCUT2D eigenvalue weighted by molar-refractivity contribution is 7.83. The second kappa shape index (κ2) is 13.1. The summed E-state index contributed by atoms with van der Waals surface area (Å²) in [7, 11) is -2.44. The lowest BCUT2D eigenvalue weighted by Crippen LogP contribution is -2.40. The van der Waals surface area contributed by atoms with Crippen molar-refractivity contribution in [2.45, 2.75) is 45.3 Å². The summed E-state index contributed by atoms with van der Waals surface area (Å²) in [5.74, 6) is 0.0112. The van der Waals surface area contributed by atoms with E-state index in [1.54, 1.807) is 0 Å². The van der Waals surface area contributed by atoms with Gasteiger partial charge in [-0.15, -0.1) is 0 Å². The molecule has 30 heavy (non-hydrogen) atoms. The van der Waals surface area contributed by atoms with Crippen molar-refractivity contribution >= 4 is 25.3 Å². The minimum atomic E-state index is -1.27. The summed E-state index contributed by atoms with van der Waals surface area (Å²) in [5, 5.41) is 0. The molecule has 0 heterocycles. The molecule has 6 heteroatoms. The molecule has 0 aliphatic carbocycles. The molecule has 0 saturated carbocycles. The van der Waals surface area contributed by atoms with E-state index >= 15 is 0 Å². The first-order chi connectivity index (χ1) is 14.5. The van der Waals surface area contributed by atoms with E-state index in [0.29, 0.717) is 0 Å². The van der Waals surface area contributed by atoms with E-state index in [0.717, 1.165) is 36.6 Å². The van der Waals surface area contributed by atoms with Gasteiger partial charge >= 0.3 is 0 Å². The topological polar surface area (TPSA) is 35.6 Å². The van der Waals surface area contributed by atoms with E-state index in [1.165, 1.54) is 5.56 Å². The van der Waals surface area contributed by atoms with E-state index in [2.05, 4.69) is 66.0 Å². The van der Waals surface area contributed by atoms with Crippen LogP contribution in [0.1, 0.15) is 38.8 Å². The van der Waals surface area contributed by atoms with Crippen molar-refractivity contribution in [3.63, 3.8) is 0 Å². The number of hydrogen-bond donors (Lipinski definition) is 1. The van der Waals surface area contributed by atoms with E-state index in [9.17, 15) is 4.21 Å². The summed E-state index contributed by atoms with van der Waals surface area (Å²) in [5.41, 5.74) is 2.33. The quantitative estimate of drug-likeness (QED) is 0.445. The first kappa shape index (κ1) is 24.9. The minimum Gasteiger partial charge on any atom is -0.237 e. The van der Waals surface area contributed by atoms with Crippen LogP contribution in [0.4, 0.5) is 0 Å². The van der Waals surface area contributed by atoms with Gasteiger partial charge in [0.1, 0.15) is 11.0 Å². The molecule has 0 amide bonds. The molecule has 0 radical (unpaired) electrons. The van der Waals surface area contributed by atoms with Gasteiger partial charge in [0.2, 0.25) is 0 Å². The first-order valence-electron chi connectivity index (χ1n) is 10.9. The Morgan fingerprint density at radius 1 is 0.900 bits per heavy atom. The minimum absolute atomic E-state index is 0.0112. The van der Waals surface area contributed by atoms with Crippen LogP contribution in [0.3, 0.4) is 0 Å². The number of nitrogens with one attached hydrogen (secondary N) is 1. The molecular formula is C24H37N3OPS+. The second-order valence-electron chi connectivity index (χ2n) is 7.15. The van der Waals surface area contributed by atoms with Crippen LogP contribution >= 0.6 is 8.22 Å². The summed E-state index contributed by atoms with van der Waals surface area (Å²) in [6.45, 7) is 14.8. The average molecular weight is 447 g/mol. The van der Waals surface area contributed by atoms with Crippen molar-refractivity contribution in [1.29, 1.82) is 0 Å². The van der Waals surface area contributed by atoms with Gasteiger partial charge in [-0.25, -0.2) is 4.21 Å². The summed E-state index contributed by atoms with van der Waals surface area (Å²) in [6.07, 6.45) is 4.37. The molecule has 0 fully saturated rings. The maximum atomic E-state index is 13.2. The molecule has 0 aliphatic heterocycles. The third-order valence-corrected chi connectivity index (χ3v) is 10.0. The molecule has 0 spiro atoms. The van der Waals surface area contributed by atoms with E-state index in [1.807, 2.05) is 49.4 Å². The van der Waals surface area contributed by atoms with Crippen LogP contribution in [0.5, 0.6) is 0 Å². The lowest BCUT2D eigenvalue weighted by Gasteiger charge is -2.33. The molecule has 2 aromatic rings. The molecule has 1 N–H and O–H groups in total. The lowest BCUT2D eigenvalue weighted by molar-refractivity contribution is 0.416. The number of aryl methyl sites for hydroxylation is 1. The zero-order valence-corrected chi connectivity index (χ0v) is 20.8. The molecule has 0 bridgehead atoms. The highest BCUT2D eigenvalue weighted by atomic mass is 32.2. The monoisotopic (exact) mass is 446 g/mol. The van der Waals surface area contributed by atoms with Crippen LogP contribution in [0.15, 0.2) is 65.6 Å². The van der Waals surface area contributed by atoms with Gasteiger partial charge in [0, 0.05) is 26.2 Å². The number of hydrogen-bond acceptors (Lipinski definition) is 3. The fourth-order valence-corrected chi connectivity index (χ4v) is 7.81. The maximum Gasteiger partial charge on any atom is 0.179 e. The zero-order valence-electron chi connectivity index (χ0n) is 19.0. The Labute approximate surface area is 186 Å². The number of rotatable bonds is 12. The SMILES string of the molecule is CCN(CC)[PH+]([C@@H](/C=C/c1ccccc1)NS(=O)c1ccc(C)cc1)N(CC)CC. The van der Waals surface area contributed by atoms with Gasteiger partial charge < -0.3 is 0 Å². The van der Waals surface area contributed by atoms with Gasteiger partial charge in [0.25, 0.3) is 0 Å². The van der Waals surface area contributed by atoms with Crippen LogP contribution in [-0.4, -0.2) is 45.5 Å². The summed E-state index contributed by atoms with van der Waals surface area (Å²) in [6, 6.07) is 18.3. The molecule has 2 rings (SSSR count). The van der Waals surface area contributed by atoms with Crippen molar-refractivity contribution in [3.8, 4) is 0 Å². The van der Waals surface area contributed by atoms with Crippen LogP contribution in [0.2, 0.25) is 0 Å². The van der Waals surface area contributed by atoms with Crippen LogP contribution in [-0.2, 0) is 11.0 Å². The molecular weight excluding hydrogens is 409 g/mol. The predicted molar refractivity (Wildman–Crippen MR) is 134 cm³/mol. The average Bonchev–Trinajstić information content (AvgIpc) is 2.78. The van der Waals surface area contributed by atoms with Gasteiger partial charge in [0.15, 0.2) is 14.0 Å². The smallest absolute Gasteiger partial charge is 0.179 e. The van der Waals surface area contributed by atoms with Gasteiger partial charge in [-0.05, 0) is 58.4 Å². The van der Waals surface area contributed by atoms with Crippen molar-refractivity contribution < 1.29 is 4.21 Å². The van der Waals surface area contributed by atoms with Gasteiger partial charge in [-0.2, -0.15) is 14.1 Å². The molecule has 164 valence electrons. The highest BCUT2D eigenvalue weighted by Gasteiger charge is 2.37.